The van der Waals surface area contributed by atoms with Crippen LogP contribution in [0.4, 0.5) is 5.13 Å². The molecule has 0 aliphatic carbocycles. The molecular formula is C21H27Br2Cl3N6S7. The molecular weight excluding hydrogens is 827 g/mol. The highest BCUT2D eigenvalue weighted by molar-refractivity contribution is 9.10. The molecule has 0 amide bonds. The van der Waals surface area contributed by atoms with Gasteiger partial charge >= 0.3 is 0 Å². The van der Waals surface area contributed by atoms with E-state index >= 15 is 0 Å². The second-order valence-corrected chi connectivity index (χ2v) is 20.2. The number of anilines is 1. The number of hydrazine groups is 1. The third-order valence-electron chi connectivity index (χ3n) is 3.11. The van der Waals surface area contributed by atoms with Crippen molar-refractivity contribution in [2.75, 3.05) is 5.43 Å². The summed E-state index contributed by atoms with van der Waals surface area (Å²) in [6.45, 7) is 12.9. The third-order valence-corrected chi connectivity index (χ3v) is 13.1. The Balaban J connectivity index is 0.000000266. The lowest BCUT2D eigenvalue weighted by molar-refractivity contribution is 1.11. The summed E-state index contributed by atoms with van der Waals surface area (Å²) < 4.78 is 7.09. The van der Waals surface area contributed by atoms with Crippen LogP contribution in [0.5, 0.6) is 0 Å². The summed E-state index contributed by atoms with van der Waals surface area (Å²) in [5.74, 6) is 5.23. The van der Waals surface area contributed by atoms with E-state index < -0.39 is 0 Å². The van der Waals surface area contributed by atoms with Gasteiger partial charge in [-0.15, -0.1) is 46.6 Å². The number of hydrogen-bond donors (Lipinski definition) is 2. The minimum Gasteiger partial charge on any atom is -0.300 e. The van der Waals surface area contributed by atoms with E-state index in [0.717, 1.165) is 22.8 Å². The van der Waals surface area contributed by atoms with Crippen LogP contribution in [-0.4, -0.2) is 35.7 Å². The Labute approximate surface area is 290 Å². The Morgan fingerprint density at radius 2 is 1.33 bits per heavy atom. The van der Waals surface area contributed by atoms with Gasteiger partial charge in [-0.25, -0.2) is 25.8 Å². The van der Waals surface area contributed by atoms with E-state index in [-0.39, 0.29) is 0 Å². The molecule has 0 atom stereocenters. The minimum absolute atomic E-state index is 0.562. The molecule has 4 aromatic rings. The van der Waals surface area contributed by atoms with Gasteiger partial charge in [-0.2, -0.15) is 0 Å². The van der Waals surface area contributed by atoms with Gasteiger partial charge in [-0.05, 0) is 31.9 Å². The summed E-state index contributed by atoms with van der Waals surface area (Å²) in [5, 5.41) is 4.32. The Kier molecular flexibility index (Phi) is 20.5. The molecule has 4 aromatic heterocycles. The molecule has 0 aliphatic heterocycles. The van der Waals surface area contributed by atoms with E-state index in [9.17, 15) is 0 Å². The van der Waals surface area contributed by atoms with Gasteiger partial charge in [0.05, 0.1) is 18.8 Å². The van der Waals surface area contributed by atoms with Gasteiger partial charge in [0.25, 0.3) is 0 Å². The molecule has 0 aromatic carbocycles. The quantitative estimate of drug-likeness (QED) is 0.107. The third kappa shape index (κ3) is 17.8. The van der Waals surface area contributed by atoms with Gasteiger partial charge in [0.1, 0.15) is 9.21 Å². The summed E-state index contributed by atoms with van der Waals surface area (Å²) in [6.07, 6.45) is 3.49. The van der Waals surface area contributed by atoms with Gasteiger partial charge in [0.2, 0.25) is 0 Å². The van der Waals surface area contributed by atoms with Crippen LogP contribution in [0.1, 0.15) is 41.5 Å². The number of thiazole rings is 4. The fourth-order valence-electron chi connectivity index (χ4n) is 1.92. The number of nitrogen functional groups attached to an aromatic ring is 1. The molecule has 3 N–H and O–H groups in total. The molecule has 0 saturated carbocycles. The predicted octanol–water partition coefficient (Wildman–Crippen LogP) is 11.8. The molecule has 0 fully saturated rings. The molecule has 0 bridgehead atoms. The molecule has 39 heavy (non-hydrogen) atoms. The normalized spacial score (nSPS) is 10.5. The fourth-order valence-corrected chi connectivity index (χ4v) is 11.1. The molecule has 0 aliphatic rings. The standard InChI is InChI=1S/C6H7BrClNS2.C6H10BrN3S2.C6H8ClNS2.C3H2ClNS/c1-3(2)10-5-4(7)9-6(8)11-5;1-3(2)11-5-4(7)9-6(10-8)12-5;1-4(2)9-5-3-8-6(7)10-5;4-3-5-1-2-6-3/h3H,1-2H3;3H,8H2,1-2H3,(H,9,10);3-4H,1-2H3;1-2H. The van der Waals surface area contributed by atoms with Gasteiger partial charge in [0.15, 0.2) is 18.5 Å². The van der Waals surface area contributed by atoms with Crippen LogP contribution in [0, 0.1) is 0 Å². The summed E-state index contributed by atoms with van der Waals surface area (Å²) in [4.78, 5) is 15.8. The lowest BCUT2D eigenvalue weighted by atomic mass is 10.6. The van der Waals surface area contributed by atoms with Gasteiger partial charge in [0, 0.05) is 27.3 Å². The van der Waals surface area contributed by atoms with Crippen LogP contribution >= 0.6 is 147 Å². The zero-order chi connectivity index (χ0) is 29.5. The van der Waals surface area contributed by atoms with Gasteiger partial charge < -0.3 is 0 Å². The lowest BCUT2D eigenvalue weighted by Crippen LogP contribution is -2.05. The maximum absolute atomic E-state index is 5.71. The lowest BCUT2D eigenvalue weighted by Gasteiger charge is -1.99. The highest BCUT2D eigenvalue weighted by Gasteiger charge is 2.10. The zero-order valence-electron chi connectivity index (χ0n) is 21.6. The van der Waals surface area contributed by atoms with E-state index in [1.807, 2.05) is 11.6 Å². The van der Waals surface area contributed by atoms with Crippen molar-refractivity contribution in [3.63, 3.8) is 0 Å². The van der Waals surface area contributed by atoms with E-state index in [1.54, 1.807) is 52.8 Å². The minimum atomic E-state index is 0.562. The van der Waals surface area contributed by atoms with Crippen LogP contribution in [0.15, 0.2) is 39.6 Å². The first-order chi connectivity index (χ1) is 18.3. The molecule has 0 saturated heterocycles. The van der Waals surface area contributed by atoms with Crippen molar-refractivity contribution < 1.29 is 0 Å². The number of thioether (sulfide) groups is 3. The van der Waals surface area contributed by atoms with Crippen molar-refractivity contribution in [1.29, 1.82) is 0 Å². The SMILES string of the molecule is CC(C)Sc1cnc(Cl)s1.CC(C)Sc1sc(Cl)nc1Br.CC(C)Sc1sc(NN)nc1Br.Clc1nccs1. The molecule has 218 valence electrons. The van der Waals surface area contributed by atoms with E-state index in [2.05, 4.69) is 98.8 Å². The monoisotopic (exact) mass is 850 g/mol. The number of nitrogens with two attached hydrogens (primary N) is 1. The average Bonchev–Trinajstić information content (AvgIpc) is 3.60. The molecule has 0 radical (unpaired) electrons. The van der Waals surface area contributed by atoms with Gasteiger partial charge in [-0.3, -0.25) is 5.43 Å². The van der Waals surface area contributed by atoms with Crippen molar-refractivity contribution in [2.24, 2.45) is 5.84 Å². The first-order valence-corrected chi connectivity index (χ1v) is 19.6. The number of aromatic nitrogens is 4. The van der Waals surface area contributed by atoms with Crippen LogP contribution in [-0.2, 0) is 0 Å². The average molecular weight is 854 g/mol. The number of hydrogen-bond acceptors (Lipinski definition) is 13. The van der Waals surface area contributed by atoms with Crippen molar-refractivity contribution >= 4 is 152 Å². The Bertz CT molecular complexity index is 1200. The fraction of sp³-hybridized carbons (Fsp3) is 0.429. The number of nitrogens with zero attached hydrogens (tertiary/aromatic N) is 4. The van der Waals surface area contributed by atoms with Gasteiger partial charge in [-0.1, -0.05) is 110 Å². The maximum Gasteiger partial charge on any atom is 0.199 e. The van der Waals surface area contributed by atoms with Crippen LogP contribution in [0.25, 0.3) is 0 Å². The van der Waals surface area contributed by atoms with Crippen molar-refractivity contribution in [3.8, 4) is 0 Å². The van der Waals surface area contributed by atoms with Crippen molar-refractivity contribution in [2.45, 2.75) is 69.9 Å². The summed E-state index contributed by atoms with van der Waals surface area (Å²) >= 11 is 34.8. The van der Waals surface area contributed by atoms with E-state index in [1.165, 1.54) is 38.2 Å². The molecule has 4 heterocycles. The number of nitrogens with one attached hydrogen (secondary N) is 1. The number of rotatable bonds is 7. The predicted molar refractivity (Wildman–Crippen MR) is 190 cm³/mol. The van der Waals surface area contributed by atoms with E-state index in [0.29, 0.717) is 29.2 Å². The summed E-state index contributed by atoms with van der Waals surface area (Å²) in [5.41, 5.74) is 2.53. The summed E-state index contributed by atoms with van der Waals surface area (Å²) in [7, 11) is 0. The van der Waals surface area contributed by atoms with Crippen LogP contribution in [0.2, 0.25) is 13.4 Å². The second kappa shape index (κ2) is 21.0. The van der Waals surface area contributed by atoms with E-state index in [4.69, 9.17) is 40.6 Å². The Morgan fingerprint density at radius 3 is 1.67 bits per heavy atom. The molecule has 6 nitrogen and oxygen atoms in total. The smallest absolute Gasteiger partial charge is 0.199 e. The topological polar surface area (TPSA) is 89.6 Å². The molecule has 18 heteroatoms. The maximum atomic E-state index is 5.71. The van der Waals surface area contributed by atoms with Crippen LogP contribution in [0.3, 0.4) is 0 Å². The van der Waals surface area contributed by atoms with Crippen molar-refractivity contribution in [1.82, 2.24) is 19.9 Å². The molecule has 4 rings (SSSR count). The summed E-state index contributed by atoms with van der Waals surface area (Å²) in [6, 6.07) is 0. The molecule has 0 unspecified atom stereocenters. The Morgan fingerprint density at radius 1 is 0.769 bits per heavy atom. The first kappa shape index (κ1) is 38.2. The van der Waals surface area contributed by atoms with Crippen LogP contribution < -0.4 is 11.3 Å². The molecule has 0 spiro atoms. The van der Waals surface area contributed by atoms with Crippen molar-refractivity contribution in [3.05, 3.63) is 40.4 Å². The highest BCUT2D eigenvalue weighted by atomic mass is 79.9. The zero-order valence-corrected chi connectivity index (χ0v) is 32.7. The highest BCUT2D eigenvalue weighted by Crippen LogP contribution is 2.38. The Hall–Kier alpha value is 1.16. The largest absolute Gasteiger partial charge is 0.300 e. The number of halogens is 5. The second-order valence-electron chi connectivity index (χ2n) is 7.50. The first-order valence-electron chi connectivity index (χ1n) is 10.9.